The van der Waals surface area contributed by atoms with E-state index in [2.05, 4.69) is 5.32 Å². The lowest BCUT2D eigenvalue weighted by atomic mass is 9.76. The number of carboxylic acids is 1. The number of aliphatic hydroxyl groups is 1. The van der Waals surface area contributed by atoms with Gasteiger partial charge in [-0.1, -0.05) is 0 Å². The van der Waals surface area contributed by atoms with E-state index < -0.39 is 12.1 Å². The maximum atomic E-state index is 12.2. The largest absolute Gasteiger partial charge is 0.478 e. The Kier molecular flexibility index (Phi) is 4.87. The number of nitrogens with one attached hydrogen (secondary N) is 1. The number of rotatable bonds is 4. The highest BCUT2D eigenvalue weighted by atomic mass is 16.5. The van der Waals surface area contributed by atoms with Crippen molar-refractivity contribution in [3.05, 3.63) is 35.4 Å². The van der Waals surface area contributed by atoms with Crippen LogP contribution in [0.25, 0.3) is 0 Å². The number of carbonyl (C=O) groups is 2. The van der Waals surface area contributed by atoms with Crippen LogP contribution < -0.4 is 5.32 Å². The van der Waals surface area contributed by atoms with Gasteiger partial charge in [-0.25, -0.2) is 4.79 Å². The normalized spacial score (nSPS) is 25.5. The molecule has 3 rings (SSSR count). The van der Waals surface area contributed by atoms with Gasteiger partial charge in [0.2, 0.25) is 0 Å². The molecule has 0 bridgehead atoms. The molecule has 3 N–H and O–H groups in total. The summed E-state index contributed by atoms with van der Waals surface area (Å²) in [4.78, 5) is 23.0. The molecule has 0 aromatic heterocycles. The Morgan fingerprint density at radius 2 is 1.75 bits per heavy atom. The van der Waals surface area contributed by atoms with Crippen LogP contribution in [-0.2, 0) is 4.74 Å². The monoisotopic (exact) mass is 333 g/mol. The summed E-state index contributed by atoms with van der Waals surface area (Å²) in [5, 5.41) is 22.4. The molecule has 1 saturated carbocycles. The van der Waals surface area contributed by atoms with Crippen LogP contribution in [0.4, 0.5) is 0 Å². The molecule has 6 heteroatoms. The van der Waals surface area contributed by atoms with E-state index in [0.29, 0.717) is 25.3 Å². The number of ether oxygens (including phenoxy) is 1. The van der Waals surface area contributed by atoms with Gasteiger partial charge in [-0.2, -0.15) is 0 Å². The van der Waals surface area contributed by atoms with Gasteiger partial charge in [0.1, 0.15) is 0 Å². The molecule has 130 valence electrons. The average Bonchev–Trinajstić information content (AvgIpc) is 2.89. The molecule has 1 aliphatic heterocycles. The van der Waals surface area contributed by atoms with Crippen molar-refractivity contribution in [2.24, 2.45) is 11.3 Å². The van der Waals surface area contributed by atoms with Crippen molar-refractivity contribution in [3.8, 4) is 0 Å². The summed E-state index contributed by atoms with van der Waals surface area (Å²) in [6.45, 7) is 1.83. The highest BCUT2D eigenvalue weighted by molar-refractivity contribution is 5.95. The zero-order valence-corrected chi connectivity index (χ0v) is 13.5. The van der Waals surface area contributed by atoms with Crippen molar-refractivity contribution >= 4 is 11.9 Å². The summed E-state index contributed by atoms with van der Waals surface area (Å²) < 4.78 is 5.40. The van der Waals surface area contributed by atoms with Gasteiger partial charge < -0.3 is 20.3 Å². The van der Waals surface area contributed by atoms with Crippen LogP contribution in [0.15, 0.2) is 24.3 Å². The first-order valence-corrected chi connectivity index (χ1v) is 8.39. The molecule has 1 aromatic rings. The molecular formula is C18H23NO5. The predicted molar refractivity (Wildman–Crippen MR) is 87.0 cm³/mol. The molecule has 2 aliphatic rings. The van der Waals surface area contributed by atoms with Crippen LogP contribution in [0.2, 0.25) is 0 Å². The van der Waals surface area contributed by atoms with Crippen molar-refractivity contribution in [2.45, 2.75) is 31.8 Å². The molecule has 1 aromatic carbocycles. The van der Waals surface area contributed by atoms with E-state index in [4.69, 9.17) is 9.84 Å². The van der Waals surface area contributed by atoms with Gasteiger partial charge in [0, 0.05) is 36.7 Å². The van der Waals surface area contributed by atoms with Crippen LogP contribution >= 0.6 is 0 Å². The Bertz CT molecular complexity index is 606. The van der Waals surface area contributed by atoms with Crippen LogP contribution in [0.3, 0.4) is 0 Å². The molecule has 2 atom stereocenters. The molecule has 2 fully saturated rings. The smallest absolute Gasteiger partial charge is 0.335 e. The van der Waals surface area contributed by atoms with Crippen molar-refractivity contribution in [1.82, 2.24) is 5.32 Å². The third-order valence-corrected chi connectivity index (χ3v) is 5.49. The molecule has 1 heterocycles. The van der Waals surface area contributed by atoms with E-state index in [1.807, 2.05) is 0 Å². The Hall–Kier alpha value is -1.92. The number of hydrogen-bond acceptors (Lipinski definition) is 4. The number of aliphatic hydroxyl groups excluding tert-OH is 1. The molecule has 0 radical (unpaired) electrons. The minimum absolute atomic E-state index is 0.0449. The number of aromatic carboxylic acids is 1. The van der Waals surface area contributed by atoms with Crippen LogP contribution in [0, 0.1) is 11.3 Å². The molecule has 1 spiro atoms. The molecule has 1 amide bonds. The molecular weight excluding hydrogens is 310 g/mol. The third-order valence-electron chi connectivity index (χ3n) is 5.49. The first kappa shape index (κ1) is 16.9. The minimum Gasteiger partial charge on any atom is -0.478 e. The van der Waals surface area contributed by atoms with Crippen LogP contribution in [0.1, 0.15) is 46.4 Å². The number of hydrogen-bond donors (Lipinski definition) is 3. The topological polar surface area (TPSA) is 95.9 Å². The summed E-state index contributed by atoms with van der Waals surface area (Å²) in [5.41, 5.74) is 0.532. The average molecular weight is 333 g/mol. The summed E-state index contributed by atoms with van der Waals surface area (Å²) in [7, 11) is 0. The fourth-order valence-electron chi connectivity index (χ4n) is 3.91. The second kappa shape index (κ2) is 6.91. The first-order valence-electron chi connectivity index (χ1n) is 8.39. The van der Waals surface area contributed by atoms with Gasteiger partial charge in [0.25, 0.3) is 5.91 Å². The van der Waals surface area contributed by atoms with E-state index in [1.165, 1.54) is 24.3 Å². The number of carbonyl (C=O) groups excluding carboxylic acids is 1. The number of carboxylic acid groups (broad SMARTS) is 1. The quantitative estimate of drug-likeness (QED) is 0.779. The fourth-order valence-corrected chi connectivity index (χ4v) is 3.91. The Balaban J connectivity index is 1.55. The predicted octanol–water partition coefficient (Wildman–Crippen LogP) is 1.68. The SMILES string of the molecule is O=C(O)c1ccc(C(=O)NCC2CCC3(CCOCC3)C2O)cc1. The van der Waals surface area contributed by atoms with Gasteiger partial charge in [0.15, 0.2) is 0 Å². The van der Waals surface area contributed by atoms with E-state index in [9.17, 15) is 14.7 Å². The minimum atomic E-state index is -1.02. The Morgan fingerprint density at radius 3 is 2.38 bits per heavy atom. The summed E-state index contributed by atoms with van der Waals surface area (Å²) >= 11 is 0. The van der Waals surface area contributed by atoms with Gasteiger partial charge in [-0.15, -0.1) is 0 Å². The van der Waals surface area contributed by atoms with Gasteiger partial charge in [-0.05, 0) is 49.9 Å². The molecule has 24 heavy (non-hydrogen) atoms. The lowest BCUT2D eigenvalue weighted by Gasteiger charge is -2.37. The lowest BCUT2D eigenvalue weighted by Crippen LogP contribution is -2.41. The molecule has 6 nitrogen and oxygen atoms in total. The van der Waals surface area contributed by atoms with Gasteiger partial charge in [0.05, 0.1) is 11.7 Å². The van der Waals surface area contributed by atoms with Crippen molar-refractivity contribution < 1.29 is 24.5 Å². The summed E-state index contributed by atoms with van der Waals surface area (Å²) in [5.74, 6) is -1.20. The van der Waals surface area contributed by atoms with Gasteiger partial charge in [-0.3, -0.25) is 4.79 Å². The van der Waals surface area contributed by atoms with Crippen LogP contribution in [0.5, 0.6) is 0 Å². The number of benzene rings is 1. The highest BCUT2D eigenvalue weighted by Crippen LogP contribution is 2.48. The maximum absolute atomic E-state index is 12.2. The van der Waals surface area contributed by atoms with Crippen molar-refractivity contribution in [1.29, 1.82) is 0 Å². The lowest BCUT2D eigenvalue weighted by molar-refractivity contribution is -0.0555. The Morgan fingerprint density at radius 1 is 1.12 bits per heavy atom. The second-order valence-corrected chi connectivity index (χ2v) is 6.81. The van der Waals surface area contributed by atoms with Crippen molar-refractivity contribution in [3.63, 3.8) is 0 Å². The van der Waals surface area contributed by atoms with Crippen LogP contribution in [-0.4, -0.2) is 48.0 Å². The standard InChI is InChI=1S/C18H23NO5/c20-15-14(5-6-18(15)7-9-24-10-8-18)11-19-16(21)12-1-3-13(4-2-12)17(22)23/h1-4,14-15,20H,5-11H2,(H,19,21)(H,22,23). The molecule has 1 saturated heterocycles. The first-order chi connectivity index (χ1) is 11.5. The van der Waals surface area contributed by atoms with E-state index in [0.717, 1.165) is 25.7 Å². The summed E-state index contributed by atoms with van der Waals surface area (Å²) in [6.07, 6.45) is 3.24. The van der Waals surface area contributed by atoms with E-state index in [1.54, 1.807) is 0 Å². The fraction of sp³-hybridized carbons (Fsp3) is 0.556. The van der Waals surface area contributed by atoms with E-state index >= 15 is 0 Å². The molecule has 2 unspecified atom stereocenters. The van der Waals surface area contributed by atoms with Crippen molar-refractivity contribution in [2.75, 3.05) is 19.8 Å². The second-order valence-electron chi connectivity index (χ2n) is 6.81. The molecule has 1 aliphatic carbocycles. The highest BCUT2D eigenvalue weighted by Gasteiger charge is 2.48. The maximum Gasteiger partial charge on any atom is 0.335 e. The van der Waals surface area contributed by atoms with E-state index in [-0.39, 0.29) is 22.8 Å². The van der Waals surface area contributed by atoms with Gasteiger partial charge >= 0.3 is 5.97 Å². The summed E-state index contributed by atoms with van der Waals surface area (Å²) in [6, 6.07) is 5.84. The zero-order valence-electron chi connectivity index (χ0n) is 13.5. The Labute approximate surface area is 140 Å². The third kappa shape index (κ3) is 3.30. The number of amides is 1. The zero-order chi connectivity index (χ0) is 17.2.